The minimum Gasteiger partial charge on any atom is -0.421 e. The minimum atomic E-state index is -1.05. The maximum atomic E-state index is 11.7. The molecule has 0 spiro atoms. The molecule has 0 amide bonds. The molecule has 0 aliphatic carbocycles. The fourth-order valence-electron chi connectivity index (χ4n) is 3.97. The van der Waals surface area contributed by atoms with E-state index in [1.807, 2.05) is 36.4 Å². The molecule has 2 rings (SSSR count). The van der Waals surface area contributed by atoms with Crippen LogP contribution < -0.4 is 0 Å². The Bertz CT molecular complexity index is 868. The Morgan fingerprint density at radius 1 is 0.735 bits per heavy atom. The maximum Gasteiger partial charge on any atom is 0.305 e. The van der Waals surface area contributed by atoms with Crippen molar-refractivity contribution in [2.45, 2.75) is 91.3 Å². The predicted octanol–water partition coefficient (Wildman–Crippen LogP) is 7.45. The molecule has 0 unspecified atom stereocenters. The highest BCUT2D eigenvalue weighted by Crippen LogP contribution is 2.21. The molecule has 0 aliphatic rings. The number of hydrogen-bond acceptors (Lipinski definition) is 4. The van der Waals surface area contributed by atoms with E-state index in [0.717, 1.165) is 17.5 Å². The molecular weight excluding hydrogens is 424 g/mol. The van der Waals surface area contributed by atoms with Crippen LogP contribution in [0.1, 0.15) is 88.8 Å². The van der Waals surface area contributed by atoms with Crippen LogP contribution in [-0.2, 0) is 31.9 Å². The van der Waals surface area contributed by atoms with Crippen molar-refractivity contribution in [1.82, 2.24) is 0 Å². The van der Waals surface area contributed by atoms with Gasteiger partial charge in [-0.15, -0.1) is 0 Å². The van der Waals surface area contributed by atoms with Crippen molar-refractivity contribution in [3.05, 3.63) is 76.9 Å². The molecular formula is C30H40O4. The molecule has 0 saturated heterocycles. The monoisotopic (exact) mass is 464 g/mol. The van der Waals surface area contributed by atoms with Crippen molar-refractivity contribution in [3.63, 3.8) is 0 Å². The van der Waals surface area contributed by atoms with E-state index in [1.54, 1.807) is 0 Å². The van der Waals surface area contributed by atoms with E-state index >= 15 is 0 Å². The van der Waals surface area contributed by atoms with Crippen molar-refractivity contribution in [2.75, 3.05) is 0 Å². The molecule has 34 heavy (non-hydrogen) atoms. The standard InChI is InChI=1S/C30H40O4/c1-4-5-6-7-8-9-10-12-15-26-18-20-28(21-19-26)23-29(22-27-16-13-11-14-17-27)30(33-24(2)31)34-25(3)32/h11,13-14,16-21,23,30H,4-10,12,15,22H2,1-3H3. The van der Waals surface area contributed by atoms with Gasteiger partial charge >= 0.3 is 11.9 Å². The lowest BCUT2D eigenvalue weighted by Gasteiger charge is -2.20. The molecule has 0 heterocycles. The first-order valence-electron chi connectivity index (χ1n) is 12.7. The van der Waals surface area contributed by atoms with Gasteiger partial charge in [-0.3, -0.25) is 9.59 Å². The zero-order valence-corrected chi connectivity index (χ0v) is 21.1. The van der Waals surface area contributed by atoms with Crippen molar-refractivity contribution in [3.8, 4) is 0 Å². The molecule has 0 aliphatic heterocycles. The van der Waals surface area contributed by atoms with E-state index in [4.69, 9.17) is 9.47 Å². The largest absolute Gasteiger partial charge is 0.421 e. The van der Waals surface area contributed by atoms with E-state index in [1.165, 1.54) is 70.8 Å². The third-order valence-electron chi connectivity index (χ3n) is 5.75. The van der Waals surface area contributed by atoms with Crippen LogP contribution in [0, 0.1) is 0 Å². The number of benzene rings is 2. The molecule has 4 heteroatoms. The summed E-state index contributed by atoms with van der Waals surface area (Å²) in [7, 11) is 0. The first kappa shape index (κ1) is 27.4. The Labute approximate surface area is 205 Å². The van der Waals surface area contributed by atoms with Gasteiger partial charge in [0.25, 0.3) is 6.29 Å². The number of esters is 2. The number of hydrogen-bond donors (Lipinski definition) is 0. The van der Waals surface area contributed by atoms with E-state index in [-0.39, 0.29) is 0 Å². The molecule has 0 N–H and O–H groups in total. The summed E-state index contributed by atoms with van der Waals surface area (Å²) in [5.74, 6) is -0.989. The number of carbonyl (C=O) groups excluding carboxylic acids is 2. The molecule has 0 saturated carbocycles. The number of rotatable bonds is 15. The summed E-state index contributed by atoms with van der Waals surface area (Å²) < 4.78 is 10.7. The molecule has 184 valence electrons. The zero-order chi connectivity index (χ0) is 24.6. The molecule has 0 aromatic heterocycles. The van der Waals surface area contributed by atoms with Crippen molar-refractivity contribution < 1.29 is 19.1 Å². The van der Waals surface area contributed by atoms with Crippen LogP contribution in [-0.4, -0.2) is 18.2 Å². The Balaban J connectivity index is 2.03. The first-order chi connectivity index (χ1) is 16.5. The lowest BCUT2D eigenvalue weighted by atomic mass is 10.00. The van der Waals surface area contributed by atoms with Gasteiger partial charge < -0.3 is 9.47 Å². The number of carbonyl (C=O) groups is 2. The van der Waals surface area contributed by atoms with E-state index < -0.39 is 18.2 Å². The van der Waals surface area contributed by atoms with Crippen molar-refractivity contribution >= 4 is 18.0 Å². The summed E-state index contributed by atoms with van der Waals surface area (Å²) in [5, 5.41) is 0. The first-order valence-corrected chi connectivity index (χ1v) is 12.7. The third-order valence-corrected chi connectivity index (χ3v) is 5.75. The van der Waals surface area contributed by atoms with Crippen LogP contribution in [0.5, 0.6) is 0 Å². The van der Waals surface area contributed by atoms with Crippen LogP contribution in [0.15, 0.2) is 60.2 Å². The van der Waals surface area contributed by atoms with Crippen molar-refractivity contribution in [1.29, 1.82) is 0 Å². The second kappa shape index (κ2) is 15.9. The summed E-state index contributed by atoms with van der Waals surface area (Å²) >= 11 is 0. The molecule has 0 bridgehead atoms. The van der Waals surface area contributed by atoms with Crippen LogP contribution in [0.2, 0.25) is 0 Å². The topological polar surface area (TPSA) is 52.6 Å². The summed E-state index contributed by atoms with van der Waals surface area (Å²) in [6.45, 7) is 4.89. The summed E-state index contributed by atoms with van der Waals surface area (Å²) in [6.07, 6.45) is 13.0. The fraction of sp³-hybridized carbons (Fsp3) is 0.467. The van der Waals surface area contributed by atoms with Crippen LogP contribution in [0.3, 0.4) is 0 Å². The molecule has 0 fully saturated rings. The molecule has 0 atom stereocenters. The fourth-order valence-corrected chi connectivity index (χ4v) is 3.97. The van der Waals surface area contributed by atoms with E-state index in [9.17, 15) is 9.59 Å². The molecule has 0 radical (unpaired) electrons. The van der Waals surface area contributed by atoms with E-state index in [0.29, 0.717) is 12.0 Å². The Morgan fingerprint density at radius 2 is 1.29 bits per heavy atom. The van der Waals surface area contributed by atoms with Crippen LogP contribution in [0.4, 0.5) is 0 Å². The average Bonchev–Trinajstić information content (AvgIpc) is 2.81. The SMILES string of the molecule is CCCCCCCCCCc1ccc(C=C(Cc2ccccc2)C(OC(C)=O)OC(C)=O)cc1. The highest BCUT2D eigenvalue weighted by atomic mass is 16.7. The number of ether oxygens (including phenoxy) is 2. The Kier molecular flexibility index (Phi) is 12.8. The summed E-state index contributed by atoms with van der Waals surface area (Å²) in [4.78, 5) is 23.3. The van der Waals surface area contributed by atoms with Gasteiger partial charge in [0.05, 0.1) is 0 Å². The average molecular weight is 465 g/mol. The van der Waals surface area contributed by atoms with Gasteiger partial charge in [0.2, 0.25) is 0 Å². The summed E-state index contributed by atoms with van der Waals surface area (Å²) in [6, 6.07) is 18.3. The molecule has 2 aromatic rings. The quantitative estimate of drug-likeness (QED) is 0.156. The van der Waals surface area contributed by atoms with Gasteiger partial charge in [-0.2, -0.15) is 0 Å². The van der Waals surface area contributed by atoms with Crippen LogP contribution in [0.25, 0.3) is 6.08 Å². The van der Waals surface area contributed by atoms with Gasteiger partial charge in [0.15, 0.2) is 0 Å². The number of unbranched alkanes of at least 4 members (excludes halogenated alkanes) is 7. The summed E-state index contributed by atoms with van der Waals surface area (Å²) in [5.41, 5.74) is 4.07. The van der Waals surface area contributed by atoms with Gasteiger partial charge in [-0.05, 0) is 35.6 Å². The van der Waals surface area contributed by atoms with Crippen LogP contribution >= 0.6 is 0 Å². The third kappa shape index (κ3) is 11.3. The van der Waals surface area contributed by atoms with Gasteiger partial charge in [-0.1, -0.05) is 106 Å². The molecule has 2 aromatic carbocycles. The van der Waals surface area contributed by atoms with E-state index in [2.05, 4.69) is 31.2 Å². The Hall–Kier alpha value is -2.88. The van der Waals surface area contributed by atoms with Crippen molar-refractivity contribution in [2.24, 2.45) is 0 Å². The highest BCUT2D eigenvalue weighted by molar-refractivity contribution is 5.69. The smallest absolute Gasteiger partial charge is 0.305 e. The number of aryl methyl sites for hydroxylation is 1. The Morgan fingerprint density at radius 3 is 1.85 bits per heavy atom. The molecule has 4 nitrogen and oxygen atoms in total. The lowest BCUT2D eigenvalue weighted by Crippen LogP contribution is -2.25. The predicted molar refractivity (Wildman–Crippen MR) is 138 cm³/mol. The maximum absolute atomic E-state index is 11.7. The highest BCUT2D eigenvalue weighted by Gasteiger charge is 2.21. The van der Waals surface area contributed by atoms with Gasteiger partial charge in [0, 0.05) is 25.8 Å². The lowest BCUT2D eigenvalue weighted by molar-refractivity contribution is -0.178. The second-order valence-corrected chi connectivity index (χ2v) is 8.90. The van der Waals surface area contributed by atoms with Gasteiger partial charge in [-0.25, -0.2) is 0 Å². The zero-order valence-electron chi connectivity index (χ0n) is 21.1. The second-order valence-electron chi connectivity index (χ2n) is 8.90. The van der Waals surface area contributed by atoms with Gasteiger partial charge in [0.1, 0.15) is 0 Å². The normalized spacial score (nSPS) is 11.5. The minimum absolute atomic E-state index is 0.495.